The van der Waals surface area contributed by atoms with Crippen LogP contribution in [0.3, 0.4) is 0 Å². The molecule has 0 saturated carbocycles. The zero-order chi connectivity index (χ0) is 17.4. The first kappa shape index (κ1) is 15.5. The van der Waals surface area contributed by atoms with E-state index >= 15 is 0 Å². The van der Waals surface area contributed by atoms with Gasteiger partial charge < -0.3 is 10.1 Å². The topological polar surface area (TPSA) is 70.4 Å². The number of aromatic hydroxyl groups is 1. The van der Waals surface area contributed by atoms with Gasteiger partial charge in [0.2, 0.25) is 5.88 Å². The molecule has 0 aliphatic carbocycles. The van der Waals surface area contributed by atoms with Crippen LogP contribution in [0.1, 0.15) is 16.8 Å². The van der Waals surface area contributed by atoms with E-state index in [9.17, 15) is 9.90 Å². The van der Waals surface area contributed by atoms with Crippen LogP contribution in [0.5, 0.6) is 5.88 Å². The summed E-state index contributed by atoms with van der Waals surface area (Å²) in [6.45, 7) is 0.256. The molecule has 6 heteroatoms. The second kappa shape index (κ2) is 6.11. The standard InChI is InChI=1S/C19H14ClN3O2/c20-14-7-5-12(6-8-14)11-23-18(24)17(22-19(23)25)9-13-10-21-16-4-2-1-3-15(13)16/h1-10,24H,11H2,(H,22,25)/b13-9+. The second-order valence-corrected chi connectivity index (χ2v) is 6.19. The predicted molar refractivity (Wildman–Crippen MR) is 99.7 cm³/mol. The van der Waals surface area contributed by atoms with Gasteiger partial charge in [-0.2, -0.15) is 0 Å². The molecule has 124 valence electrons. The number of aromatic amines is 1. The molecule has 0 saturated heterocycles. The zero-order valence-electron chi connectivity index (χ0n) is 13.1. The Morgan fingerprint density at radius 2 is 1.92 bits per heavy atom. The Kier molecular flexibility index (Phi) is 3.78. The predicted octanol–water partition coefficient (Wildman–Crippen LogP) is 3.84. The molecule has 2 aromatic carbocycles. The maximum Gasteiger partial charge on any atom is 0.329 e. The number of benzene rings is 2. The van der Waals surface area contributed by atoms with Gasteiger partial charge in [-0.1, -0.05) is 41.9 Å². The minimum atomic E-state index is -0.373. The number of nitrogens with one attached hydrogen (secondary N) is 1. The fraction of sp³-hybridized carbons (Fsp3) is 0.0526. The van der Waals surface area contributed by atoms with E-state index in [2.05, 4.69) is 9.98 Å². The average Bonchev–Trinajstić information content (AvgIpc) is 3.14. The molecular weight excluding hydrogens is 338 g/mol. The number of aliphatic imine (C=N–C) groups is 1. The van der Waals surface area contributed by atoms with Crippen LogP contribution >= 0.6 is 11.6 Å². The number of hydrogen-bond donors (Lipinski definition) is 2. The number of para-hydroxylation sites is 1. The van der Waals surface area contributed by atoms with E-state index in [1.54, 1.807) is 24.4 Å². The van der Waals surface area contributed by atoms with Gasteiger partial charge in [-0.25, -0.2) is 4.79 Å². The SMILES string of the molecule is O=c1[nH]c(/C=C2\C=Nc3ccccc32)c(O)n1Cc1ccc(Cl)cc1. The van der Waals surface area contributed by atoms with Crippen LogP contribution in [-0.4, -0.2) is 20.9 Å². The number of halogens is 1. The molecule has 0 amide bonds. The van der Waals surface area contributed by atoms with Gasteiger partial charge in [0, 0.05) is 22.4 Å². The van der Waals surface area contributed by atoms with Gasteiger partial charge >= 0.3 is 5.69 Å². The molecule has 0 radical (unpaired) electrons. The summed E-state index contributed by atoms with van der Waals surface area (Å²) < 4.78 is 1.29. The lowest BCUT2D eigenvalue weighted by Crippen LogP contribution is -2.17. The Labute approximate surface area is 148 Å². The lowest BCUT2D eigenvalue weighted by atomic mass is 10.1. The molecule has 0 unspecified atom stereocenters. The van der Waals surface area contributed by atoms with Crippen molar-refractivity contribution in [2.45, 2.75) is 6.54 Å². The summed E-state index contributed by atoms with van der Waals surface area (Å²) >= 11 is 5.87. The van der Waals surface area contributed by atoms with Crippen LogP contribution in [0.2, 0.25) is 5.02 Å². The van der Waals surface area contributed by atoms with Crippen molar-refractivity contribution in [2.75, 3.05) is 0 Å². The molecule has 0 spiro atoms. The fourth-order valence-corrected chi connectivity index (χ4v) is 2.94. The number of hydrogen-bond acceptors (Lipinski definition) is 3. The van der Waals surface area contributed by atoms with E-state index in [1.165, 1.54) is 4.57 Å². The Balaban J connectivity index is 1.69. The van der Waals surface area contributed by atoms with Gasteiger partial charge in [0.25, 0.3) is 0 Å². The third kappa shape index (κ3) is 2.90. The average molecular weight is 352 g/mol. The molecule has 3 aromatic rings. The van der Waals surface area contributed by atoms with Gasteiger partial charge in [0.05, 0.1) is 12.2 Å². The summed E-state index contributed by atoms with van der Waals surface area (Å²) in [7, 11) is 0. The molecule has 25 heavy (non-hydrogen) atoms. The van der Waals surface area contributed by atoms with Gasteiger partial charge in [0.1, 0.15) is 5.69 Å². The maximum atomic E-state index is 12.2. The van der Waals surface area contributed by atoms with Crippen LogP contribution in [0, 0.1) is 0 Å². The Hall–Kier alpha value is -3.05. The molecule has 1 aromatic heterocycles. The Morgan fingerprint density at radius 3 is 2.72 bits per heavy atom. The third-order valence-electron chi connectivity index (χ3n) is 4.09. The van der Waals surface area contributed by atoms with Crippen LogP contribution in [0.25, 0.3) is 11.6 Å². The van der Waals surface area contributed by atoms with Crippen molar-refractivity contribution in [3.05, 3.63) is 80.9 Å². The summed E-state index contributed by atoms with van der Waals surface area (Å²) in [5, 5.41) is 11.1. The van der Waals surface area contributed by atoms with Crippen molar-refractivity contribution >= 4 is 35.2 Å². The van der Waals surface area contributed by atoms with Crippen molar-refractivity contribution in [2.24, 2.45) is 4.99 Å². The molecule has 4 rings (SSSR count). The zero-order valence-corrected chi connectivity index (χ0v) is 13.9. The first-order chi connectivity index (χ1) is 12.1. The van der Waals surface area contributed by atoms with Gasteiger partial charge in [-0.15, -0.1) is 0 Å². The second-order valence-electron chi connectivity index (χ2n) is 5.76. The summed E-state index contributed by atoms with van der Waals surface area (Å²) in [5.41, 5.74) is 3.53. The molecular formula is C19H14ClN3O2. The van der Waals surface area contributed by atoms with Crippen LogP contribution in [0.15, 0.2) is 58.3 Å². The first-order valence-corrected chi connectivity index (χ1v) is 8.11. The van der Waals surface area contributed by atoms with Gasteiger partial charge in [-0.3, -0.25) is 9.56 Å². The van der Waals surface area contributed by atoms with E-state index in [-0.39, 0.29) is 18.1 Å². The quantitative estimate of drug-likeness (QED) is 0.752. The number of H-pyrrole nitrogens is 1. The normalized spacial score (nSPS) is 14.2. The summed E-state index contributed by atoms with van der Waals surface area (Å²) in [6.07, 6.45) is 3.45. The number of nitrogens with zero attached hydrogens (tertiary/aromatic N) is 2. The molecule has 0 fully saturated rings. The Morgan fingerprint density at radius 1 is 1.16 bits per heavy atom. The smallest absolute Gasteiger partial charge is 0.329 e. The molecule has 0 bridgehead atoms. The van der Waals surface area contributed by atoms with Gasteiger partial charge in [-0.05, 0) is 29.8 Å². The van der Waals surface area contributed by atoms with Crippen LogP contribution < -0.4 is 5.69 Å². The van der Waals surface area contributed by atoms with E-state index in [0.717, 1.165) is 22.4 Å². The molecule has 2 heterocycles. The molecule has 0 atom stereocenters. The minimum Gasteiger partial charge on any atom is -0.493 e. The maximum absolute atomic E-state index is 12.2. The van der Waals surface area contributed by atoms with Crippen molar-refractivity contribution in [1.82, 2.24) is 9.55 Å². The van der Waals surface area contributed by atoms with Crippen LogP contribution in [0.4, 0.5) is 5.69 Å². The third-order valence-corrected chi connectivity index (χ3v) is 4.35. The molecule has 2 N–H and O–H groups in total. The number of imidazole rings is 1. The largest absolute Gasteiger partial charge is 0.493 e. The molecule has 1 aliphatic rings. The van der Waals surface area contributed by atoms with Gasteiger partial charge in [0.15, 0.2) is 0 Å². The fourth-order valence-electron chi connectivity index (χ4n) is 2.81. The lowest BCUT2D eigenvalue weighted by molar-refractivity contribution is 0.420. The van der Waals surface area contributed by atoms with Crippen molar-refractivity contribution in [3.63, 3.8) is 0 Å². The molecule has 5 nitrogen and oxygen atoms in total. The van der Waals surface area contributed by atoms with E-state index in [4.69, 9.17) is 11.6 Å². The number of rotatable bonds is 3. The van der Waals surface area contributed by atoms with E-state index in [1.807, 2.05) is 36.4 Å². The summed E-state index contributed by atoms with van der Waals surface area (Å²) in [5.74, 6) is -0.106. The summed E-state index contributed by atoms with van der Waals surface area (Å²) in [4.78, 5) is 19.2. The van der Waals surface area contributed by atoms with E-state index in [0.29, 0.717) is 10.7 Å². The number of fused-ring (bicyclic) bond motifs is 1. The highest BCUT2D eigenvalue weighted by atomic mass is 35.5. The van der Waals surface area contributed by atoms with E-state index < -0.39 is 0 Å². The first-order valence-electron chi connectivity index (χ1n) is 7.73. The van der Waals surface area contributed by atoms with Crippen LogP contribution in [-0.2, 0) is 6.54 Å². The minimum absolute atomic E-state index is 0.106. The monoisotopic (exact) mass is 351 g/mol. The molecule has 1 aliphatic heterocycles. The Bertz CT molecular complexity index is 1060. The summed E-state index contributed by atoms with van der Waals surface area (Å²) in [6, 6.07) is 14.9. The van der Waals surface area contributed by atoms with Crippen molar-refractivity contribution in [1.29, 1.82) is 0 Å². The highest BCUT2D eigenvalue weighted by molar-refractivity contribution is 6.30. The highest BCUT2D eigenvalue weighted by Crippen LogP contribution is 2.32. The number of allylic oxidation sites excluding steroid dienone is 1. The lowest BCUT2D eigenvalue weighted by Gasteiger charge is -2.04. The van der Waals surface area contributed by atoms with Crippen molar-refractivity contribution < 1.29 is 5.11 Å². The number of aromatic nitrogens is 2. The highest BCUT2D eigenvalue weighted by Gasteiger charge is 2.16. The van der Waals surface area contributed by atoms with Crippen molar-refractivity contribution in [3.8, 4) is 5.88 Å².